The molecule has 2 aromatic heterocycles. The van der Waals surface area contributed by atoms with Crippen LogP contribution in [0.25, 0.3) is 11.5 Å². The van der Waals surface area contributed by atoms with E-state index >= 15 is 0 Å². The molecule has 3 aromatic rings. The summed E-state index contributed by atoms with van der Waals surface area (Å²) >= 11 is 0. The predicted molar refractivity (Wildman–Crippen MR) is 124 cm³/mol. The van der Waals surface area contributed by atoms with E-state index in [1.165, 1.54) is 12.4 Å². The third-order valence-electron chi connectivity index (χ3n) is 6.72. The van der Waals surface area contributed by atoms with Crippen LogP contribution < -0.4 is 4.90 Å². The van der Waals surface area contributed by atoms with Crippen molar-refractivity contribution in [3.8, 4) is 11.5 Å². The standard InChI is InChI=1S/C24H24F3N7O3/c1-23(2)17-10-15(33-8-6-32(3)7-9-33)4-5-16(17)20(35)34(22(23)36)13-18-28-11-14(12-29-18)19-30-31-21(37-19)24(25,26)27/h4-5,10-12H,6-9,13H2,1-3H3. The van der Waals surface area contributed by atoms with Crippen molar-refractivity contribution in [2.75, 3.05) is 38.1 Å². The maximum Gasteiger partial charge on any atom is 0.470 e. The van der Waals surface area contributed by atoms with Gasteiger partial charge in [-0.05, 0) is 44.7 Å². The van der Waals surface area contributed by atoms with E-state index in [1.54, 1.807) is 19.9 Å². The van der Waals surface area contributed by atoms with Crippen molar-refractivity contribution >= 4 is 17.5 Å². The molecule has 1 aromatic carbocycles. The van der Waals surface area contributed by atoms with Gasteiger partial charge in [-0.1, -0.05) is 0 Å². The number of piperazine rings is 1. The highest BCUT2D eigenvalue weighted by Crippen LogP contribution is 2.37. The molecule has 2 aliphatic heterocycles. The number of halogens is 3. The molecule has 37 heavy (non-hydrogen) atoms. The summed E-state index contributed by atoms with van der Waals surface area (Å²) in [6, 6.07) is 5.58. The van der Waals surface area contributed by atoms with Gasteiger partial charge < -0.3 is 14.2 Å². The monoisotopic (exact) mass is 515 g/mol. The largest absolute Gasteiger partial charge is 0.470 e. The van der Waals surface area contributed by atoms with Gasteiger partial charge in [0.05, 0.1) is 17.5 Å². The quantitative estimate of drug-likeness (QED) is 0.485. The molecule has 1 saturated heterocycles. The molecule has 4 heterocycles. The summed E-state index contributed by atoms with van der Waals surface area (Å²) in [5, 5.41) is 6.35. The second-order valence-corrected chi connectivity index (χ2v) is 9.64. The molecule has 0 atom stereocenters. The molecule has 2 amide bonds. The molecular weight excluding hydrogens is 491 g/mol. The van der Waals surface area contributed by atoms with E-state index in [2.05, 4.69) is 41.4 Å². The number of aromatic nitrogens is 4. The summed E-state index contributed by atoms with van der Waals surface area (Å²) in [6.45, 7) is 6.94. The average Bonchev–Trinajstić information content (AvgIpc) is 3.37. The number of likely N-dealkylation sites (N-methyl/N-ethyl adjacent to an activating group) is 1. The second-order valence-electron chi connectivity index (χ2n) is 9.64. The van der Waals surface area contributed by atoms with Crippen LogP contribution in [0.3, 0.4) is 0 Å². The minimum atomic E-state index is -4.77. The van der Waals surface area contributed by atoms with Crippen LogP contribution in [0.15, 0.2) is 35.0 Å². The Morgan fingerprint density at radius 1 is 1.03 bits per heavy atom. The van der Waals surface area contributed by atoms with E-state index in [1.807, 2.05) is 12.1 Å². The molecule has 13 heteroatoms. The van der Waals surface area contributed by atoms with Crippen molar-refractivity contribution in [1.82, 2.24) is 30.0 Å². The zero-order valence-corrected chi connectivity index (χ0v) is 20.4. The number of hydrogen-bond acceptors (Lipinski definition) is 9. The molecule has 0 aliphatic carbocycles. The fourth-order valence-electron chi connectivity index (χ4n) is 4.47. The summed E-state index contributed by atoms with van der Waals surface area (Å²) in [7, 11) is 2.07. The fourth-order valence-corrected chi connectivity index (χ4v) is 4.47. The third kappa shape index (κ3) is 4.54. The number of anilines is 1. The Hall–Kier alpha value is -3.87. The van der Waals surface area contributed by atoms with Crippen molar-refractivity contribution in [3.05, 3.63) is 53.4 Å². The maximum atomic E-state index is 13.4. The first-order chi connectivity index (χ1) is 17.4. The van der Waals surface area contributed by atoms with Crippen molar-refractivity contribution in [2.45, 2.75) is 32.0 Å². The molecule has 10 nitrogen and oxygen atoms in total. The number of benzene rings is 1. The number of alkyl halides is 3. The van der Waals surface area contributed by atoms with Gasteiger partial charge in [0, 0.05) is 49.8 Å². The molecule has 0 unspecified atom stereocenters. The molecule has 0 saturated carbocycles. The van der Waals surface area contributed by atoms with Gasteiger partial charge in [0.2, 0.25) is 5.91 Å². The highest BCUT2D eigenvalue weighted by molar-refractivity contribution is 6.13. The molecule has 0 bridgehead atoms. The number of rotatable bonds is 4. The summed E-state index contributed by atoms with van der Waals surface area (Å²) in [6.07, 6.45) is -2.36. The van der Waals surface area contributed by atoms with E-state index in [9.17, 15) is 22.8 Å². The van der Waals surface area contributed by atoms with E-state index in [4.69, 9.17) is 0 Å². The van der Waals surface area contributed by atoms with E-state index in [-0.39, 0.29) is 23.8 Å². The number of amides is 2. The lowest BCUT2D eigenvalue weighted by atomic mass is 9.77. The normalized spacial score (nSPS) is 18.3. The number of carbonyl (C=O) groups excluding carboxylic acids is 2. The molecule has 0 N–H and O–H groups in total. The van der Waals surface area contributed by atoms with Gasteiger partial charge in [-0.25, -0.2) is 9.97 Å². The highest BCUT2D eigenvalue weighted by atomic mass is 19.4. The molecule has 194 valence electrons. The van der Waals surface area contributed by atoms with Crippen LogP contribution in [0, 0.1) is 0 Å². The molecular formula is C24H24F3N7O3. The molecule has 0 radical (unpaired) electrons. The second kappa shape index (κ2) is 8.91. The summed E-state index contributed by atoms with van der Waals surface area (Å²) in [5.74, 6) is -2.58. The van der Waals surface area contributed by atoms with Crippen LogP contribution in [0.1, 0.15) is 41.5 Å². The zero-order chi connectivity index (χ0) is 26.5. The Kier molecular flexibility index (Phi) is 5.97. The predicted octanol–water partition coefficient (Wildman–Crippen LogP) is 2.76. The lowest BCUT2D eigenvalue weighted by molar-refractivity contribution is -0.157. The average molecular weight is 515 g/mol. The SMILES string of the molecule is CN1CCN(c2ccc3c(c2)C(C)(C)C(=O)N(Cc2ncc(-c4nnc(C(F)(F)F)o4)cn2)C3=O)CC1. The Morgan fingerprint density at radius 3 is 2.32 bits per heavy atom. The Balaban J connectivity index is 1.37. The summed E-state index contributed by atoms with van der Waals surface area (Å²) in [5.41, 5.74) is 1.18. The Morgan fingerprint density at radius 2 is 1.70 bits per heavy atom. The first-order valence-electron chi connectivity index (χ1n) is 11.6. The van der Waals surface area contributed by atoms with Gasteiger partial charge >= 0.3 is 12.1 Å². The minimum Gasteiger partial charge on any atom is -0.413 e. The van der Waals surface area contributed by atoms with Gasteiger partial charge in [0.1, 0.15) is 5.82 Å². The van der Waals surface area contributed by atoms with Gasteiger partial charge in [0.25, 0.3) is 11.8 Å². The van der Waals surface area contributed by atoms with Crippen molar-refractivity contribution in [2.24, 2.45) is 0 Å². The topological polar surface area (TPSA) is 109 Å². The fraction of sp³-hybridized carbons (Fsp3) is 0.417. The molecule has 1 fully saturated rings. The number of hydrogen-bond donors (Lipinski definition) is 0. The lowest BCUT2D eigenvalue weighted by Gasteiger charge is -2.39. The molecule has 2 aliphatic rings. The first kappa shape index (κ1) is 24.8. The summed E-state index contributed by atoms with van der Waals surface area (Å²) < 4.78 is 42.8. The van der Waals surface area contributed by atoms with Crippen LogP contribution in [-0.2, 0) is 22.9 Å². The molecule has 5 rings (SSSR count). The van der Waals surface area contributed by atoms with Crippen LogP contribution in [0.4, 0.5) is 18.9 Å². The number of carbonyl (C=O) groups is 2. The molecule has 0 spiro atoms. The van der Waals surface area contributed by atoms with E-state index in [0.29, 0.717) is 11.1 Å². The van der Waals surface area contributed by atoms with Crippen molar-refractivity contribution in [3.63, 3.8) is 0 Å². The first-order valence-corrected chi connectivity index (χ1v) is 11.6. The van der Waals surface area contributed by atoms with Gasteiger partial charge in [-0.3, -0.25) is 14.5 Å². The van der Waals surface area contributed by atoms with Crippen LogP contribution in [0.2, 0.25) is 0 Å². The van der Waals surface area contributed by atoms with Gasteiger partial charge in [0.15, 0.2) is 0 Å². The van der Waals surface area contributed by atoms with Gasteiger partial charge in [-0.15, -0.1) is 10.2 Å². The lowest BCUT2D eigenvalue weighted by Crippen LogP contribution is -2.51. The van der Waals surface area contributed by atoms with E-state index < -0.39 is 29.3 Å². The Bertz CT molecular complexity index is 1350. The minimum absolute atomic E-state index is 0.0742. The zero-order valence-electron chi connectivity index (χ0n) is 20.4. The van der Waals surface area contributed by atoms with Crippen LogP contribution in [0.5, 0.6) is 0 Å². The van der Waals surface area contributed by atoms with Crippen molar-refractivity contribution < 1.29 is 27.2 Å². The van der Waals surface area contributed by atoms with Crippen molar-refractivity contribution in [1.29, 1.82) is 0 Å². The van der Waals surface area contributed by atoms with Crippen LogP contribution >= 0.6 is 0 Å². The Labute approximate surface area is 210 Å². The highest BCUT2D eigenvalue weighted by Gasteiger charge is 2.45. The van der Waals surface area contributed by atoms with Gasteiger partial charge in [-0.2, -0.15) is 13.2 Å². The maximum absolute atomic E-state index is 13.4. The smallest absolute Gasteiger partial charge is 0.413 e. The number of fused-ring (bicyclic) bond motifs is 1. The number of imide groups is 1. The van der Waals surface area contributed by atoms with Crippen LogP contribution in [-0.4, -0.2) is 75.0 Å². The number of nitrogens with zero attached hydrogens (tertiary/aromatic N) is 7. The third-order valence-corrected chi connectivity index (χ3v) is 6.72. The van der Waals surface area contributed by atoms with E-state index in [0.717, 1.165) is 36.8 Å². The summed E-state index contributed by atoms with van der Waals surface area (Å²) in [4.78, 5) is 40.5.